The van der Waals surface area contributed by atoms with Gasteiger partial charge in [-0.15, -0.1) is 11.3 Å². The number of allylic oxidation sites excluding steroid dienone is 1. The summed E-state index contributed by atoms with van der Waals surface area (Å²) in [4.78, 5) is 15.2. The first-order valence-electron chi connectivity index (χ1n) is 8.11. The van der Waals surface area contributed by atoms with Gasteiger partial charge in [0.2, 0.25) is 0 Å². The normalized spacial score (nSPS) is 11.0. The minimum Gasteiger partial charge on any atom is -0.493 e. The molecule has 3 aromatic rings. The van der Waals surface area contributed by atoms with Crippen LogP contribution in [0.5, 0.6) is 11.5 Å². The number of nitro groups is 1. The lowest BCUT2D eigenvalue weighted by Crippen LogP contribution is -1.92. The number of nitro benzene ring substituents is 1. The number of hydrogen-bond donors (Lipinski definition) is 0. The molecule has 0 bridgehead atoms. The van der Waals surface area contributed by atoms with Gasteiger partial charge in [-0.25, -0.2) is 4.98 Å². The third kappa shape index (κ3) is 3.84. The first kappa shape index (κ1) is 19.1. The van der Waals surface area contributed by atoms with Gasteiger partial charge in [0, 0.05) is 17.0 Å². The van der Waals surface area contributed by atoms with Gasteiger partial charge < -0.3 is 9.47 Å². The SMILES string of the molecule is COc1ccc(-c2csc(C(C#N)=Cc3ccccc3[N+](=O)[O-])n2)cc1OC. The van der Waals surface area contributed by atoms with Crippen LogP contribution in [0, 0.1) is 21.4 Å². The van der Waals surface area contributed by atoms with Gasteiger partial charge in [0.15, 0.2) is 11.5 Å². The highest BCUT2D eigenvalue weighted by Crippen LogP contribution is 2.34. The maximum atomic E-state index is 11.2. The largest absolute Gasteiger partial charge is 0.493 e. The minimum absolute atomic E-state index is 0.0630. The van der Waals surface area contributed by atoms with Crippen molar-refractivity contribution in [1.82, 2.24) is 4.98 Å². The van der Waals surface area contributed by atoms with Gasteiger partial charge in [-0.2, -0.15) is 5.26 Å². The second-order valence-electron chi connectivity index (χ2n) is 5.59. The summed E-state index contributed by atoms with van der Waals surface area (Å²) in [6.45, 7) is 0. The third-order valence-corrected chi connectivity index (χ3v) is 4.84. The van der Waals surface area contributed by atoms with Crippen LogP contribution in [0.4, 0.5) is 5.69 Å². The average molecular weight is 393 g/mol. The van der Waals surface area contributed by atoms with Crippen LogP contribution in [0.15, 0.2) is 47.8 Å². The lowest BCUT2D eigenvalue weighted by atomic mass is 10.1. The summed E-state index contributed by atoms with van der Waals surface area (Å²) in [5.41, 5.74) is 2.03. The van der Waals surface area contributed by atoms with Crippen molar-refractivity contribution in [3.8, 4) is 28.8 Å². The first-order chi connectivity index (χ1) is 13.6. The van der Waals surface area contributed by atoms with E-state index in [4.69, 9.17) is 9.47 Å². The number of methoxy groups -OCH3 is 2. The fourth-order valence-electron chi connectivity index (χ4n) is 2.60. The maximum absolute atomic E-state index is 11.2. The monoisotopic (exact) mass is 393 g/mol. The van der Waals surface area contributed by atoms with Crippen molar-refractivity contribution in [3.05, 3.63) is 68.5 Å². The summed E-state index contributed by atoms with van der Waals surface area (Å²) in [7, 11) is 3.11. The summed E-state index contributed by atoms with van der Waals surface area (Å²) >= 11 is 1.29. The lowest BCUT2D eigenvalue weighted by Gasteiger charge is -2.08. The molecule has 0 unspecified atom stereocenters. The molecule has 0 fully saturated rings. The summed E-state index contributed by atoms with van der Waals surface area (Å²) in [6.07, 6.45) is 1.48. The molecule has 0 aliphatic heterocycles. The van der Waals surface area contributed by atoms with E-state index in [1.165, 1.54) is 23.5 Å². The molecule has 0 aliphatic carbocycles. The van der Waals surface area contributed by atoms with Crippen LogP contribution in [0.2, 0.25) is 0 Å². The number of thiazole rings is 1. The Hall–Kier alpha value is -3.70. The molecular weight excluding hydrogens is 378 g/mol. The second kappa shape index (κ2) is 8.33. The van der Waals surface area contributed by atoms with E-state index in [-0.39, 0.29) is 11.3 Å². The molecule has 8 heteroatoms. The number of hydrogen-bond acceptors (Lipinski definition) is 7. The predicted molar refractivity (Wildman–Crippen MR) is 107 cm³/mol. The number of rotatable bonds is 6. The molecule has 2 aromatic carbocycles. The van der Waals surface area contributed by atoms with Crippen LogP contribution in [-0.2, 0) is 0 Å². The van der Waals surface area contributed by atoms with E-state index in [0.717, 1.165) is 5.56 Å². The third-order valence-electron chi connectivity index (χ3n) is 3.97. The van der Waals surface area contributed by atoms with Gasteiger partial charge >= 0.3 is 0 Å². The number of nitriles is 1. The average Bonchev–Trinajstić information content (AvgIpc) is 3.21. The molecular formula is C20H15N3O4S. The molecule has 0 amide bonds. The van der Waals surface area contributed by atoms with Crippen molar-refractivity contribution < 1.29 is 14.4 Å². The highest BCUT2D eigenvalue weighted by atomic mass is 32.1. The Balaban J connectivity index is 1.99. The fraction of sp³-hybridized carbons (Fsp3) is 0.100. The van der Waals surface area contributed by atoms with Crippen molar-refractivity contribution in [2.45, 2.75) is 0 Å². The molecule has 0 spiro atoms. The number of nitrogens with zero attached hydrogens (tertiary/aromatic N) is 3. The van der Waals surface area contributed by atoms with E-state index in [1.54, 1.807) is 44.6 Å². The van der Waals surface area contributed by atoms with E-state index in [9.17, 15) is 15.4 Å². The molecule has 1 heterocycles. The summed E-state index contributed by atoms with van der Waals surface area (Å²) in [5, 5.41) is 23.0. The molecule has 0 atom stereocenters. The zero-order valence-corrected chi connectivity index (χ0v) is 15.9. The Labute approximate surface area is 165 Å². The molecule has 3 rings (SSSR count). The molecule has 1 aromatic heterocycles. The van der Waals surface area contributed by atoms with E-state index < -0.39 is 4.92 Å². The molecule has 0 radical (unpaired) electrons. The predicted octanol–water partition coefficient (Wildman–Crippen LogP) is 4.80. The van der Waals surface area contributed by atoms with Crippen LogP contribution in [0.1, 0.15) is 10.6 Å². The Morgan fingerprint density at radius 3 is 2.64 bits per heavy atom. The molecule has 0 saturated carbocycles. The van der Waals surface area contributed by atoms with Gasteiger partial charge in [0.05, 0.1) is 36.0 Å². The number of ether oxygens (including phenoxy) is 2. The molecule has 0 saturated heterocycles. The first-order valence-corrected chi connectivity index (χ1v) is 8.99. The smallest absolute Gasteiger partial charge is 0.276 e. The Bertz CT molecular complexity index is 1100. The molecule has 7 nitrogen and oxygen atoms in total. The van der Waals surface area contributed by atoms with Crippen molar-refractivity contribution in [1.29, 1.82) is 5.26 Å². The topological polar surface area (TPSA) is 98.3 Å². The fourth-order valence-corrected chi connectivity index (χ4v) is 3.39. The second-order valence-corrected chi connectivity index (χ2v) is 6.45. The van der Waals surface area contributed by atoms with Gasteiger partial charge in [0.25, 0.3) is 5.69 Å². The number of benzene rings is 2. The van der Waals surface area contributed by atoms with Crippen LogP contribution < -0.4 is 9.47 Å². The van der Waals surface area contributed by atoms with E-state index in [0.29, 0.717) is 27.8 Å². The van der Waals surface area contributed by atoms with Gasteiger partial charge in [-0.1, -0.05) is 12.1 Å². The van der Waals surface area contributed by atoms with Gasteiger partial charge in [-0.3, -0.25) is 10.1 Å². The van der Waals surface area contributed by atoms with Gasteiger partial charge in [-0.05, 0) is 30.3 Å². The van der Waals surface area contributed by atoms with Crippen LogP contribution >= 0.6 is 11.3 Å². The Kier molecular flexibility index (Phi) is 5.67. The van der Waals surface area contributed by atoms with E-state index in [2.05, 4.69) is 11.1 Å². The van der Waals surface area contributed by atoms with Crippen LogP contribution in [0.25, 0.3) is 22.9 Å². The van der Waals surface area contributed by atoms with Crippen LogP contribution in [-0.4, -0.2) is 24.1 Å². The maximum Gasteiger partial charge on any atom is 0.276 e. The summed E-state index contributed by atoms with van der Waals surface area (Å²) < 4.78 is 10.5. The summed E-state index contributed by atoms with van der Waals surface area (Å²) in [5.74, 6) is 1.18. The standard InChI is InChI=1S/C20H15N3O4S/c1-26-18-8-7-13(10-19(18)27-2)16-12-28-20(22-16)15(11-21)9-14-5-3-4-6-17(14)23(24)25/h3-10,12H,1-2H3. The number of aromatic nitrogens is 1. The van der Waals surface area contributed by atoms with Gasteiger partial charge in [0.1, 0.15) is 11.1 Å². The number of para-hydroxylation sites is 1. The quantitative estimate of drug-likeness (QED) is 0.339. The Morgan fingerprint density at radius 2 is 1.96 bits per heavy atom. The minimum atomic E-state index is -0.474. The molecule has 28 heavy (non-hydrogen) atoms. The van der Waals surface area contributed by atoms with Crippen molar-refractivity contribution in [2.24, 2.45) is 0 Å². The Morgan fingerprint density at radius 1 is 1.21 bits per heavy atom. The molecule has 140 valence electrons. The lowest BCUT2D eigenvalue weighted by molar-refractivity contribution is -0.385. The van der Waals surface area contributed by atoms with Crippen molar-refractivity contribution in [2.75, 3.05) is 14.2 Å². The summed E-state index contributed by atoms with van der Waals surface area (Å²) in [6, 6.07) is 13.8. The zero-order chi connectivity index (χ0) is 20.1. The highest BCUT2D eigenvalue weighted by Gasteiger charge is 2.15. The van der Waals surface area contributed by atoms with E-state index >= 15 is 0 Å². The zero-order valence-electron chi connectivity index (χ0n) is 15.1. The van der Waals surface area contributed by atoms with E-state index in [1.807, 2.05) is 11.4 Å². The molecule has 0 aliphatic rings. The van der Waals surface area contributed by atoms with Crippen LogP contribution in [0.3, 0.4) is 0 Å². The highest BCUT2D eigenvalue weighted by molar-refractivity contribution is 7.11. The van der Waals surface area contributed by atoms with Crippen molar-refractivity contribution in [3.63, 3.8) is 0 Å². The molecule has 0 N–H and O–H groups in total. The van der Waals surface area contributed by atoms with Crippen molar-refractivity contribution >= 4 is 28.7 Å².